The quantitative estimate of drug-likeness (QED) is 0.836. The van der Waals surface area contributed by atoms with E-state index in [1.807, 2.05) is 0 Å². The van der Waals surface area contributed by atoms with E-state index in [1.54, 1.807) is 18.2 Å². The van der Waals surface area contributed by atoms with Crippen LogP contribution in [-0.4, -0.2) is 28.7 Å². The molecule has 0 bridgehead atoms. The van der Waals surface area contributed by atoms with E-state index in [0.717, 1.165) is 0 Å². The van der Waals surface area contributed by atoms with Crippen LogP contribution in [0, 0.1) is 0 Å². The molecular weight excluding hydrogens is 331 g/mol. The van der Waals surface area contributed by atoms with E-state index in [-0.39, 0.29) is 12.2 Å². The molecule has 0 spiro atoms. The minimum atomic E-state index is -4.87. The number of hydrogen-bond donors (Lipinski definition) is 1. The molecule has 2 aromatic rings. The highest BCUT2D eigenvalue weighted by Crippen LogP contribution is 2.29. The van der Waals surface area contributed by atoms with Gasteiger partial charge in [-0.15, -0.1) is 10.2 Å². The summed E-state index contributed by atoms with van der Waals surface area (Å²) in [5.74, 6) is -4.06. The Bertz CT molecular complexity index is 716. The van der Waals surface area contributed by atoms with E-state index in [9.17, 15) is 22.8 Å². The van der Waals surface area contributed by atoms with E-state index in [4.69, 9.17) is 4.74 Å². The lowest BCUT2D eigenvalue weighted by Crippen LogP contribution is -2.35. The fourth-order valence-electron chi connectivity index (χ4n) is 1.72. The Balaban J connectivity index is 2.27. The number of ether oxygens (including phenoxy) is 1. The van der Waals surface area contributed by atoms with Crippen LogP contribution in [0.25, 0.3) is 0 Å². The Morgan fingerprint density at radius 3 is 2.46 bits per heavy atom. The van der Waals surface area contributed by atoms with Crippen LogP contribution < -0.4 is 5.32 Å². The molecule has 10 heteroatoms. The highest BCUT2D eigenvalue weighted by Gasteiger charge is 2.40. The van der Waals surface area contributed by atoms with Crippen molar-refractivity contribution in [2.45, 2.75) is 19.1 Å². The Labute approximate surface area is 133 Å². The van der Waals surface area contributed by atoms with Gasteiger partial charge in [0.05, 0.1) is 6.61 Å². The minimum absolute atomic E-state index is 0.0448. The largest absolute Gasteiger partial charge is 0.470 e. The molecule has 7 nitrogen and oxygen atoms in total. The van der Waals surface area contributed by atoms with Crippen molar-refractivity contribution < 1.29 is 31.9 Å². The summed E-state index contributed by atoms with van der Waals surface area (Å²) in [4.78, 5) is 24.0. The third-order valence-electron chi connectivity index (χ3n) is 2.76. The van der Waals surface area contributed by atoms with Gasteiger partial charge >= 0.3 is 18.0 Å². The SMILES string of the molecule is CCOC(=O)[C@H](NC(=O)c1ccccc1)c1nnc(C(F)(F)F)o1. The summed E-state index contributed by atoms with van der Waals surface area (Å²) < 4.78 is 46.8. The highest BCUT2D eigenvalue weighted by atomic mass is 19.4. The number of hydrogen-bond acceptors (Lipinski definition) is 6. The molecule has 0 radical (unpaired) electrons. The molecular formula is C14H12F3N3O4. The van der Waals surface area contributed by atoms with Gasteiger partial charge in [-0.25, -0.2) is 4.79 Å². The van der Waals surface area contributed by atoms with E-state index in [0.29, 0.717) is 0 Å². The van der Waals surface area contributed by atoms with Crippen LogP contribution >= 0.6 is 0 Å². The van der Waals surface area contributed by atoms with Crippen LogP contribution in [-0.2, 0) is 15.7 Å². The van der Waals surface area contributed by atoms with Gasteiger partial charge in [0.15, 0.2) is 0 Å². The van der Waals surface area contributed by atoms with Crippen LogP contribution in [0.15, 0.2) is 34.7 Å². The zero-order chi connectivity index (χ0) is 17.7. The zero-order valence-corrected chi connectivity index (χ0v) is 12.3. The van der Waals surface area contributed by atoms with Crippen molar-refractivity contribution in [1.82, 2.24) is 15.5 Å². The van der Waals surface area contributed by atoms with Gasteiger partial charge < -0.3 is 14.5 Å². The molecule has 0 saturated heterocycles. The number of nitrogens with zero attached hydrogens (tertiary/aromatic N) is 2. The summed E-state index contributed by atoms with van der Waals surface area (Å²) in [7, 11) is 0. The van der Waals surface area contributed by atoms with Crippen molar-refractivity contribution in [3.63, 3.8) is 0 Å². The van der Waals surface area contributed by atoms with Crippen molar-refractivity contribution in [3.05, 3.63) is 47.7 Å². The normalized spacial score (nSPS) is 12.5. The van der Waals surface area contributed by atoms with Gasteiger partial charge in [0.25, 0.3) is 11.8 Å². The monoisotopic (exact) mass is 343 g/mol. The summed E-state index contributed by atoms with van der Waals surface area (Å²) in [6.45, 7) is 1.46. The van der Waals surface area contributed by atoms with Gasteiger partial charge in [-0.3, -0.25) is 4.79 Å². The molecule has 0 aliphatic carbocycles. The first-order valence-corrected chi connectivity index (χ1v) is 6.76. The van der Waals surface area contributed by atoms with Crippen molar-refractivity contribution in [1.29, 1.82) is 0 Å². The second-order valence-electron chi connectivity index (χ2n) is 4.47. The Hall–Kier alpha value is -2.91. The van der Waals surface area contributed by atoms with E-state index < -0.39 is 35.9 Å². The molecule has 0 aliphatic heterocycles. The lowest BCUT2D eigenvalue weighted by Gasteiger charge is -2.14. The van der Waals surface area contributed by atoms with Crippen LogP contribution in [0.1, 0.15) is 35.1 Å². The smallest absolute Gasteiger partial charge is 0.464 e. The molecule has 128 valence electrons. The number of carbonyl (C=O) groups excluding carboxylic acids is 2. The molecule has 1 N–H and O–H groups in total. The summed E-state index contributed by atoms with van der Waals surface area (Å²) >= 11 is 0. The first-order valence-electron chi connectivity index (χ1n) is 6.76. The number of alkyl halides is 3. The van der Waals surface area contributed by atoms with Gasteiger partial charge in [-0.1, -0.05) is 18.2 Å². The molecule has 0 unspecified atom stereocenters. The molecule has 1 aromatic heterocycles. The Morgan fingerprint density at radius 2 is 1.92 bits per heavy atom. The fourth-order valence-corrected chi connectivity index (χ4v) is 1.72. The standard InChI is InChI=1S/C14H12F3N3O4/c1-2-23-12(22)9(11-19-20-13(24-11)14(15,16)17)18-10(21)8-6-4-3-5-7-8/h3-7,9H,2H2,1H3,(H,18,21)/t9-/m1/s1. The van der Waals surface area contributed by atoms with E-state index in [2.05, 4.69) is 19.9 Å². The topological polar surface area (TPSA) is 94.3 Å². The maximum Gasteiger partial charge on any atom is 0.470 e. The average Bonchev–Trinajstić information content (AvgIpc) is 3.03. The number of esters is 1. The van der Waals surface area contributed by atoms with Crippen LogP contribution in [0.5, 0.6) is 0 Å². The summed E-state index contributed by atoms with van der Waals surface area (Å²) in [6.07, 6.45) is -4.87. The Morgan fingerprint density at radius 1 is 1.25 bits per heavy atom. The fraction of sp³-hybridized carbons (Fsp3) is 0.286. The maximum absolute atomic E-state index is 12.5. The molecule has 0 aliphatic rings. The number of nitrogens with one attached hydrogen (secondary N) is 1. The van der Waals surface area contributed by atoms with E-state index in [1.165, 1.54) is 19.1 Å². The summed E-state index contributed by atoms with van der Waals surface area (Å²) in [5.41, 5.74) is 0.197. The number of halogens is 3. The first-order chi connectivity index (χ1) is 11.3. The second-order valence-corrected chi connectivity index (χ2v) is 4.47. The van der Waals surface area contributed by atoms with Crippen molar-refractivity contribution in [2.24, 2.45) is 0 Å². The number of aromatic nitrogens is 2. The number of rotatable bonds is 5. The highest BCUT2D eigenvalue weighted by molar-refractivity contribution is 5.96. The first kappa shape index (κ1) is 17.4. The third-order valence-corrected chi connectivity index (χ3v) is 2.76. The van der Waals surface area contributed by atoms with E-state index >= 15 is 0 Å². The lowest BCUT2D eigenvalue weighted by atomic mass is 10.2. The molecule has 1 atom stereocenters. The van der Waals surface area contributed by atoms with Crippen LogP contribution in [0.2, 0.25) is 0 Å². The number of benzene rings is 1. The zero-order valence-electron chi connectivity index (χ0n) is 12.3. The molecule has 0 saturated carbocycles. The van der Waals surface area contributed by atoms with Gasteiger partial charge in [-0.05, 0) is 19.1 Å². The predicted molar refractivity (Wildman–Crippen MR) is 72.6 cm³/mol. The van der Waals surface area contributed by atoms with Crippen LogP contribution in [0.3, 0.4) is 0 Å². The van der Waals surface area contributed by atoms with Gasteiger partial charge in [-0.2, -0.15) is 13.2 Å². The lowest BCUT2D eigenvalue weighted by molar-refractivity contribution is -0.158. The third kappa shape index (κ3) is 4.09. The maximum atomic E-state index is 12.5. The summed E-state index contributed by atoms with van der Waals surface area (Å²) in [6, 6.07) is 6.12. The van der Waals surface area contributed by atoms with Gasteiger partial charge in [0.1, 0.15) is 0 Å². The van der Waals surface area contributed by atoms with Crippen LogP contribution in [0.4, 0.5) is 13.2 Å². The molecule has 2 rings (SSSR count). The van der Waals surface area contributed by atoms with Crippen molar-refractivity contribution in [3.8, 4) is 0 Å². The average molecular weight is 343 g/mol. The number of carbonyl (C=O) groups is 2. The molecule has 0 fully saturated rings. The minimum Gasteiger partial charge on any atom is -0.464 e. The predicted octanol–water partition coefficient (Wildman–Crippen LogP) is 2.12. The molecule has 24 heavy (non-hydrogen) atoms. The van der Waals surface area contributed by atoms with Crippen molar-refractivity contribution >= 4 is 11.9 Å². The molecule has 1 heterocycles. The molecule has 1 aromatic carbocycles. The van der Waals surface area contributed by atoms with Gasteiger partial charge in [0, 0.05) is 5.56 Å². The second kappa shape index (κ2) is 7.11. The molecule has 1 amide bonds. The van der Waals surface area contributed by atoms with Gasteiger partial charge in [0.2, 0.25) is 6.04 Å². The number of amides is 1. The van der Waals surface area contributed by atoms with Crippen molar-refractivity contribution in [2.75, 3.05) is 6.61 Å². The Kier molecular flexibility index (Phi) is 5.17. The summed E-state index contributed by atoms with van der Waals surface area (Å²) in [5, 5.41) is 8.23.